The molecule has 3 aromatic rings. The zero-order chi connectivity index (χ0) is 18.1. The van der Waals surface area contributed by atoms with Gasteiger partial charge in [-0.05, 0) is 53.9 Å². The number of carbonyl (C=O) groups excluding carboxylic acids is 1. The molecule has 0 aliphatic carbocycles. The Morgan fingerprint density at radius 1 is 1.00 bits per heavy atom. The lowest BCUT2D eigenvalue weighted by Crippen LogP contribution is -2.43. The summed E-state index contributed by atoms with van der Waals surface area (Å²) < 4.78 is 0.990. The van der Waals surface area contributed by atoms with Crippen molar-refractivity contribution >= 4 is 33.2 Å². The number of nitrogens with zero attached hydrogens (tertiary/aromatic N) is 1. The number of anilines is 2. The van der Waals surface area contributed by atoms with E-state index in [1.807, 2.05) is 65.6 Å². The molecule has 0 saturated heterocycles. The summed E-state index contributed by atoms with van der Waals surface area (Å²) in [4.78, 5) is 15.2. The second-order valence-corrected chi connectivity index (χ2v) is 7.26. The van der Waals surface area contributed by atoms with Crippen molar-refractivity contribution < 1.29 is 4.79 Å². The highest BCUT2D eigenvalue weighted by Crippen LogP contribution is 2.37. The van der Waals surface area contributed by atoms with E-state index in [1.165, 1.54) is 5.56 Å². The van der Waals surface area contributed by atoms with Crippen molar-refractivity contribution in [2.24, 2.45) is 0 Å². The first kappa shape index (κ1) is 16.9. The minimum Gasteiger partial charge on any atom is -0.360 e. The molecule has 0 unspecified atom stereocenters. The number of hydrogen-bond acceptors (Lipinski definition) is 2. The number of amides is 1. The Morgan fingerprint density at radius 2 is 1.77 bits per heavy atom. The van der Waals surface area contributed by atoms with E-state index in [1.54, 1.807) is 0 Å². The van der Waals surface area contributed by atoms with Crippen molar-refractivity contribution in [3.8, 4) is 0 Å². The van der Waals surface area contributed by atoms with E-state index in [0.29, 0.717) is 5.56 Å². The van der Waals surface area contributed by atoms with Gasteiger partial charge >= 0.3 is 0 Å². The molecule has 3 aromatic carbocycles. The number of halogens is 1. The molecule has 0 fully saturated rings. The number of rotatable bonds is 3. The Balaban J connectivity index is 1.84. The highest BCUT2D eigenvalue weighted by atomic mass is 79.9. The van der Waals surface area contributed by atoms with E-state index in [0.717, 1.165) is 27.8 Å². The van der Waals surface area contributed by atoms with E-state index in [4.69, 9.17) is 0 Å². The van der Waals surface area contributed by atoms with Gasteiger partial charge in [0.1, 0.15) is 6.17 Å². The second kappa shape index (κ2) is 6.96. The normalized spacial score (nSPS) is 16.2. The van der Waals surface area contributed by atoms with E-state index in [9.17, 15) is 4.79 Å². The quantitative estimate of drug-likeness (QED) is 0.597. The Kier molecular flexibility index (Phi) is 4.51. The van der Waals surface area contributed by atoms with Crippen LogP contribution in [-0.4, -0.2) is 5.91 Å². The van der Waals surface area contributed by atoms with Gasteiger partial charge in [0.2, 0.25) is 0 Å². The molecule has 130 valence electrons. The van der Waals surface area contributed by atoms with Crippen LogP contribution in [0.15, 0.2) is 77.3 Å². The van der Waals surface area contributed by atoms with Crippen LogP contribution in [0.5, 0.6) is 0 Å². The molecule has 0 radical (unpaired) electrons. The summed E-state index contributed by atoms with van der Waals surface area (Å²) in [6.07, 6.45) is 0.715. The van der Waals surface area contributed by atoms with Crippen LogP contribution in [0.25, 0.3) is 0 Å². The molecule has 1 amide bonds. The SMILES string of the molecule is CCc1ccc(N2C(=O)c3ccccc3N[C@H]2c2cccc(Br)c2)cc1. The molecule has 26 heavy (non-hydrogen) atoms. The second-order valence-electron chi connectivity index (χ2n) is 6.34. The minimum absolute atomic E-state index is 0.00794. The lowest BCUT2D eigenvalue weighted by atomic mass is 10.0. The van der Waals surface area contributed by atoms with Crippen LogP contribution in [0.1, 0.15) is 34.6 Å². The summed E-state index contributed by atoms with van der Waals surface area (Å²) in [5, 5.41) is 3.53. The molecular formula is C22H19BrN2O. The van der Waals surface area contributed by atoms with Crippen LogP contribution in [0, 0.1) is 0 Å². The predicted octanol–water partition coefficient (Wildman–Crippen LogP) is 5.78. The molecule has 1 aliphatic heterocycles. The van der Waals surface area contributed by atoms with E-state index in [-0.39, 0.29) is 12.1 Å². The molecule has 1 N–H and O–H groups in total. The topological polar surface area (TPSA) is 32.3 Å². The van der Waals surface area contributed by atoms with Crippen molar-refractivity contribution in [3.05, 3.63) is 94.0 Å². The predicted molar refractivity (Wildman–Crippen MR) is 110 cm³/mol. The molecule has 4 rings (SSSR count). The molecule has 4 heteroatoms. The number of nitrogens with one attached hydrogen (secondary N) is 1. The van der Waals surface area contributed by atoms with E-state index in [2.05, 4.69) is 40.3 Å². The van der Waals surface area contributed by atoms with Gasteiger partial charge in [-0.1, -0.05) is 59.3 Å². The van der Waals surface area contributed by atoms with Crippen LogP contribution < -0.4 is 10.2 Å². The third kappa shape index (κ3) is 3.01. The molecule has 1 aliphatic rings. The lowest BCUT2D eigenvalue weighted by Gasteiger charge is -2.38. The summed E-state index contributed by atoms with van der Waals surface area (Å²) in [6.45, 7) is 2.13. The highest BCUT2D eigenvalue weighted by Gasteiger charge is 2.33. The Hall–Kier alpha value is -2.59. The van der Waals surface area contributed by atoms with Gasteiger partial charge in [-0.25, -0.2) is 0 Å². The van der Waals surface area contributed by atoms with Gasteiger partial charge < -0.3 is 5.32 Å². The van der Waals surface area contributed by atoms with Crippen LogP contribution in [0.4, 0.5) is 11.4 Å². The molecule has 3 nitrogen and oxygen atoms in total. The Bertz CT molecular complexity index is 952. The van der Waals surface area contributed by atoms with Crippen molar-refractivity contribution in [1.82, 2.24) is 0 Å². The number of aryl methyl sites for hydroxylation is 1. The minimum atomic E-state index is -0.262. The summed E-state index contributed by atoms with van der Waals surface area (Å²) in [5.74, 6) is 0.00794. The Labute approximate surface area is 161 Å². The number of para-hydroxylation sites is 1. The van der Waals surface area contributed by atoms with Crippen molar-refractivity contribution in [2.75, 3.05) is 10.2 Å². The number of carbonyl (C=O) groups is 1. The van der Waals surface area contributed by atoms with Crippen LogP contribution >= 0.6 is 15.9 Å². The first-order chi connectivity index (χ1) is 12.7. The van der Waals surface area contributed by atoms with Crippen molar-refractivity contribution in [2.45, 2.75) is 19.5 Å². The smallest absolute Gasteiger partial charge is 0.262 e. The average Bonchev–Trinajstić information content (AvgIpc) is 2.68. The first-order valence-corrected chi connectivity index (χ1v) is 9.50. The number of fused-ring (bicyclic) bond motifs is 1. The fourth-order valence-electron chi connectivity index (χ4n) is 3.32. The van der Waals surface area contributed by atoms with Crippen molar-refractivity contribution in [3.63, 3.8) is 0 Å². The molecule has 0 spiro atoms. The van der Waals surface area contributed by atoms with Crippen molar-refractivity contribution in [1.29, 1.82) is 0 Å². The summed E-state index contributed by atoms with van der Waals surface area (Å²) in [7, 11) is 0. The van der Waals surface area contributed by atoms with Gasteiger partial charge in [0, 0.05) is 15.8 Å². The maximum absolute atomic E-state index is 13.3. The van der Waals surface area contributed by atoms with Crippen LogP contribution in [0.2, 0.25) is 0 Å². The molecule has 0 aromatic heterocycles. The maximum Gasteiger partial charge on any atom is 0.262 e. The summed E-state index contributed by atoms with van der Waals surface area (Å²) in [5.41, 5.74) is 4.73. The number of hydrogen-bond donors (Lipinski definition) is 1. The van der Waals surface area contributed by atoms with Gasteiger partial charge in [-0.15, -0.1) is 0 Å². The summed E-state index contributed by atoms with van der Waals surface area (Å²) in [6, 6.07) is 24.0. The third-order valence-corrected chi connectivity index (χ3v) is 5.21. The standard InChI is InChI=1S/C22H19BrN2O/c1-2-15-10-12-18(13-11-15)25-21(16-6-5-7-17(23)14-16)24-20-9-4-3-8-19(20)22(25)26/h3-14,21,24H,2H2,1H3/t21-/m1/s1. The molecule has 1 atom stereocenters. The Morgan fingerprint density at radius 3 is 2.50 bits per heavy atom. The fourth-order valence-corrected chi connectivity index (χ4v) is 3.74. The number of benzene rings is 3. The largest absolute Gasteiger partial charge is 0.360 e. The monoisotopic (exact) mass is 406 g/mol. The lowest BCUT2D eigenvalue weighted by molar-refractivity contribution is 0.0975. The van der Waals surface area contributed by atoms with Gasteiger partial charge in [-0.2, -0.15) is 0 Å². The van der Waals surface area contributed by atoms with Gasteiger partial charge in [0.25, 0.3) is 5.91 Å². The maximum atomic E-state index is 13.3. The van der Waals surface area contributed by atoms with E-state index < -0.39 is 0 Å². The molecular weight excluding hydrogens is 388 g/mol. The van der Waals surface area contributed by atoms with Gasteiger partial charge in [-0.3, -0.25) is 9.69 Å². The first-order valence-electron chi connectivity index (χ1n) is 8.71. The van der Waals surface area contributed by atoms with E-state index >= 15 is 0 Å². The fraction of sp³-hybridized carbons (Fsp3) is 0.136. The third-order valence-electron chi connectivity index (χ3n) is 4.71. The molecule has 1 heterocycles. The highest BCUT2D eigenvalue weighted by molar-refractivity contribution is 9.10. The van der Waals surface area contributed by atoms with Gasteiger partial charge in [0.15, 0.2) is 0 Å². The van der Waals surface area contributed by atoms with Crippen LogP contribution in [-0.2, 0) is 6.42 Å². The summed E-state index contributed by atoms with van der Waals surface area (Å²) >= 11 is 3.54. The zero-order valence-corrected chi connectivity index (χ0v) is 16.0. The molecule has 0 bridgehead atoms. The van der Waals surface area contributed by atoms with Crippen LogP contribution in [0.3, 0.4) is 0 Å². The van der Waals surface area contributed by atoms with Gasteiger partial charge in [0.05, 0.1) is 5.56 Å². The zero-order valence-electron chi connectivity index (χ0n) is 14.4. The molecule has 0 saturated carbocycles. The average molecular weight is 407 g/mol.